The zero-order valence-corrected chi connectivity index (χ0v) is 11.1. The summed E-state index contributed by atoms with van der Waals surface area (Å²) in [6.07, 6.45) is 0. The van der Waals surface area contributed by atoms with E-state index in [1.807, 2.05) is 32.2 Å². The third-order valence-corrected chi connectivity index (χ3v) is 3.11. The molecule has 0 saturated carbocycles. The molecular weight excluding hydrogens is 220 g/mol. The van der Waals surface area contributed by atoms with Gasteiger partial charge in [0, 0.05) is 16.5 Å². The molecule has 90 valence electrons. The Morgan fingerprint density at radius 2 is 2.19 bits per heavy atom. The van der Waals surface area contributed by atoms with E-state index in [0.29, 0.717) is 6.54 Å². The molecule has 1 heterocycles. The second-order valence-electron chi connectivity index (χ2n) is 4.92. The third kappa shape index (κ3) is 4.77. The van der Waals surface area contributed by atoms with Gasteiger partial charge in [0.1, 0.15) is 0 Å². The molecule has 0 aromatic carbocycles. The highest BCUT2D eigenvalue weighted by atomic mass is 32.1. The molecule has 0 radical (unpaired) electrons. The predicted molar refractivity (Wildman–Crippen MR) is 68.6 cm³/mol. The SMILES string of the molecule is C[C@@H](NCC(=O)NC(C)(C)C)c1cccs1. The van der Waals surface area contributed by atoms with Crippen molar-refractivity contribution in [1.29, 1.82) is 0 Å². The molecular formula is C12H20N2OS. The van der Waals surface area contributed by atoms with Crippen molar-refractivity contribution in [3.8, 4) is 0 Å². The molecule has 0 unspecified atom stereocenters. The van der Waals surface area contributed by atoms with Gasteiger partial charge in [-0.05, 0) is 39.1 Å². The molecule has 1 atom stereocenters. The van der Waals surface area contributed by atoms with Crippen LogP contribution in [-0.2, 0) is 4.79 Å². The molecule has 2 N–H and O–H groups in total. The Hall–Kier alpha value is -0.870. The zero-order chi connectivity index (χ0) is 12.2. The molecule has 1 rings (SSSR count). The van der Waals surface area contributed by atoms with Crippen LogP contribution in [0.15, 0.2) is 17.5 Å². The molecule has 1 amide bonds. The van der Waals surface area contributed by atoms with Gasteiger partial charge in [-0.15, -0.1) is 11.3 Å². The summed E-state index contributed by atoms with van der Waals surface area (Å²) in [7, 11) is 0. The van der Waals surface area contributed by atoms with E-state index >= 15 is 0 Å². The van der Waals surface area contributed by atoms with E-state index in [-0.39, 0.29) is 17.5 Å². The largest absolute Gasteiger partial charge is 0.350 e. The summed E-state index contributed by atoms with van der Waals surface area (Å²) in [6, 6.07) is 4.32. The average molecular weight is 240 g/mol. The van der Waals surface area contributed by atoms with Crippen LogP contribution in [0.5, 0.6) is 0 Å². The van der Waals surface area contributed by atoms with Crippen molar-refractivity contribution < 1.29 is 4.79 Å². The minimum atomic E-state index is -0.162. The lowest BCUT2D eigenvalue weighted by molar-refractivity contribution is -0.121. The summed E-state index contributed by atoms with van der Waals surface area (Å²) in [4.78, 5) is 12.8. The van der Waals surface area contributed by atoms with Gasteiger partial charge in [0.15, 0.2) is 0 Å². The number of nitrogens with one attached hydrogen (secondary N) is 2. The van der Waals surface area contributed by atoms with Crippen LogP contribution in [0.4, 0.5) is 0 Å². The predicted octanol–water partition coefficient (Wildman–Crippen LogP) is 2.31. The topological polar surface area (TPSA) is 41.1 Å². The smallest absolute Gasteiger partial charge is 0.234 e. The first-order valence-corrected chi connectivity index (χ1v) is 6.34. The standard InChI is InChI=1S/C12H20N2OS/c1-9(10-6-5-7-16-10)13-8-11(15)14-12(2,3)4/h5-7,9,13H,8H2,1-4H3,(H,14,15)/t9-/m1/s1. The molecule has 1 aromatic rings. The van der Waals surface area contributed by atoms with Crippen molar-refractivity contribution in [3.05, 3.63) is 22.4 Å². The maximum absolute atomic E-state index is 11.6. The number of amides is 1. The quantitative estimate of drug-likeness (QED) is 0.848. The van der Waals surface area contributed by atoms with Gasteiger partial charge in [-0.1, -0.05) is 6.07 Å². The van der Waals surface area contributed by atoms with Crippen molar-refractivity contribution in [2.45, 2.75) is 39.3 Å². The lowest BCUT2D eigenvalue weighted by Crippen LogP contribution is -2.45. The normalized spacial score (nSPS) is 13.5. The van der Waals surface area contributed by atoms with Crippen LogP contribution >= 0.6 is 11.3 Å². The van der Waals surface area contributed by atoms with E-state index in [1.165, 1.54) is 4.88 Å². The van der Waals surface area contributed by atoms with Crippen molar-refractivity contribution in [2.24, 2.45) is 0 Å². The van der Waals surface area contributed by atoms with E-state index in [0.717, 1.165) is 0 Å². The van der Waals surface area contributed by atoms with Crippen LogP contribution in [0.3, 0.4) is 0 Å². The number of carbonyl (C=O) groups excluding carboxylic acids is 1. The molecule has 1 aromatic heterocycles. The molecule has 0 bridgehead atoms. The molecule has 0 aliphatic carbocycles. The minimum Gasteiger partial charge on any atom is -0.350 e. The van der Waals surface area contributed by atoms with Gasteiger partial charge >= 0.3 is 0 Å². The first-order chi connectivity index (χ1) is 7.38. The first-order valence-electron chi connectivity index (χ1n) is 5.46. The van der Waals surface area contributed by atoms with E-state index < -0.39 is 0 Å². The van der Waals surface area contributed by atoms with E-state index in [9.17, 15) is 4.79 Å². The van der Waals surface area contributed by atoms with Crippen LogP contribution < -0.4 is 10.6 Å². The number of rotatable bonds is 4. The highest BCUT2D eigenvalue weighted by Gasteiger charge is 2.14. The molecule has 0 aliphatic rings. The molecule has 4 heteroatoms. The lowest BCUT2D eigenvalue weighted by Gasteiger charge is -2.21. The lowest BCUT2D eigenvalue weighted by atomic mass is 10.1. The molecule has 0 aliphatic heterocycles. The van der Waals surface area contributed by atoms with Crippen molar-refractivity contribution in [3.63, 3.8) is 0 Å². The Morgan fingerprint density at radius 3 is 2.69 bits per heavy atom. The van der Waals surface area contributed by atoms with Gasteiger partial charge in [-0.25, -0.2) is 0 Å². The summed E-state index contributed by atoms with van der Waals surface area (Å²) >= 11 is 1.70. The maximum Gasteiger partial charge on any atom is 0.234 e. The monoisotopic (exact) mass is 240 g/mol. The van der Waals surface area contributed by atoms with Gasteiger partial charge in [0.25, 0.3) is 0 Å². The van der Waals surface area contributed by atoms with Crippen LogP contribution in [0.1, 0.15) is 38.6 Å². The first kappa shape index (κ1) is 13.2. The molecule has 3 nitrogen and oxygen atoms in total. The Bertz CT molecular complexity index is 327. The molecule has 0 saturated heterocycles. The van der Waals surface area contributed by atoms with Gasteiger partial charge in [0.05, 0.1) is 6.54 Å². The summed E-state index contributed by atoms with van der Waals surface area (Å²) in [5.74, 6) is 0.0379. The van der Waals surface area contributed by atoms with Crippen LogP contribution in [0.2, 0.25) is 0 Å². The number of hydrogen-bond acceptors (Lipinski definition) is 3. The minimum absolute atomic E-state index is 0.0379. The Kier molecular flexibility index (Phi) is 4.50. The van der Waals surface area contributed by atoms with E-state index in [2.05, 4.69) is 23.6 Å². The van der Waals surface area contributed by atoms with Crippen molar-refractivity contribution >= 4 is 17.2 Å². The van der Waals surface area contributed by atoms with Crippen LogP contribution in [0.25, 0.3) is 0 Å². The summed E-state index contributed by atoms with van der Waals surface area (Å²) < 4.78 is 0. The fourth-order valence-corrected chi connectivity index (χ4v) is 2.11. The number of thiophene rings is 1. The average Bonchev–Trinajstić information content (AvgIpc) is 2.64. The zero-order valence-electron chi connectivity index (χ0n) is 10.3. The summed E-state index contributed by atoms with van der Waals surface area (Å²) in [6.45, 7) is 8.36. The Morgan fingerprint density at radius 1 is 1.50 bits per heavy atom. The van der Waals surface area contributed by atoms with E-state index in [4.69, 9.17) is 0 Å². The van der Waals surface area contributed by atoms with E-state index in [1.54, 1.807) is 11.3 Å². The van der Waals surface area contributed by atoms with Crippen LogP contribution in [0, 0.1) is 0 Å². The molecule has 16 heavy (non-hydrogen) atoms. The highest BCUT2D eigenvalue weighted by molar-refractivity contribution is 7.10. The van der Waals surface area contributed by atoms with Gasteiger partial charge < -0.3 is 10.6 Å². The van der Waals surface area contributed by atoms with Crippen molar-refractivity contribution in [2.75, 3.05) is 6.54 Å². The Balaban J connectivity index is 2.32. The Labute approximate surface area is 101 Å². The molecule has 0 spiro atoms. The maximum atomic E-state index is 11.6. The fourth-order valence-electron chi connectivity index (χ4n) is 1.35. The third-order valence-electron chi connectivity index (χ3n) is 2.05. The fraction of sp³-hybridized carbons (Fsp3) is 0.583. The van der Waals surface area contributed by atoms with Gasteiger partial charge in [0.2, 0.25) is 5.91 Å². The summed E-state index contributed by atoms with van der Waals surface area (Å²) in [5, 5.41) is 8.17. The second-order valence-corrected chi connectivity index (χ2v) is 5.90. The van der Waals surface area contributed by atoms with Crippen molar-refractivity contribution in [1.82, 2.24) is 10.6 Å². The molecule has 0 fully saturated rings. The highest BCUT2D eigenvalue weighted by Crippen LogP contribution is 2.17. The van der Waals surface area contributed by atoms with Crippen LogP contribution in [-0.4, -0.2) is 18.0 Å². The van der Waals surface area contributed by atoms with Gasteiger partial charge in [-0.3, -0.25) is 4.79 Å². The number of carbonyl (C=O) groups is 1. The second kappa shape index (κ2) is 5.46. The number of hydrogen-bond donors (Lipinski definition) is 2. The van der Waals surface area contributed by atoms with Gasteiger partial charge in [-0.2, -0.15) is 0 Å². The summed E-state index contributed by atoms with van der Waals surface area (Å²) in [5.41, 5.74) is -0.162.